The first-order chi connectivity index (χ1) is 15.5. The average molecular weight is 491 g/mol. The highest BCUT2D eigenvalue weighted by atomic mass is 35.5. The molecular weight excluding hydrogens is 464 g/mol. The number of aromatic nitrogens is 1. The van der Waals surface area contributed by atoms with Crippen molar-refractivity contribution in [2.45, 2.75) is 12.8 Å². The van der Waals surface area contributed by atoms with E-state index in [-0.39, 0.29) is 35.3 Å². The monoisotopic (exact) mass is 490 g/mol. The Bertz CT molecular complexity index is 1120. The van der Waals surface area contributed by atoms with Gasteiger partial charge in [0.1, 0.15) is 5.82 Å². The number of nitrogens with zero attached hydrogens (tertiary/aromatic N) is 4. The van der Waals surface area contributed by atoms with E-state index in [0.717, 1.165) is 51.4 Å². The molecule has 33 heavy (non-hydrogen) atoms. The van der Waals surface area contributed by atoms with E-state index in [4.69, 9.17) is 5.73 Å². The summed E-state index contributed by atoms with van der Waals surface area (Å²) in [4.78, 5) is 27.5. The lowest BCUT2D eigenvalue weighted by atomic mass is 10.1. The zero-order chi connectivity index (χ0) is 22.5. The van der Waals surface area contributed by atoms with Gasteiger partial charge in [-0.3, -0.25) is 19.8 Å². The van der Waals surface area contributed by atoms with Crippen molar-refractivity contribution in [3.8, 4) is 0 Å². The number of carbonyl (C=O) groups excluding carboxylic acids is 1. The number of piperazine rings is 1. The summed E-state index contributed by atoms with van der Waals surface area (Å²) in [6.07, 6.45) is 1.79. The van der Waals surface area contributed by atoms with Gasteiger partial charge in [-0.1, -0.05) is 12.1 Å². The fourth-order valence-electron chi connectivity index (χ4n) is 3.90. The second-order valence-electron chi connectivity index (χ2n) is 7.82. The number of amides is 1. The number of nitro groups is 1. The van der Waals surface area contributed by atoms with Crippen LogP contribution in [-0.2, 0) is 0 Å². The predicted molar refractivity (Wildman–Crippen MR) is 135 cm³/mol. The number of hydrogen-bond acceptors (Lipinski definition) is 8. The van der Waals surface area contributed by atoms with E-state index < -0.39 is 4.92 Å². The van der Waals surface area contributed by atoms with Crippen LogP contribution in [0, 0.1) is 10.1 Å². The summed E-state index contributed by atoms with van der Waals surface area (Å²) >= 11 is 1.55. The molecule has 3 aromatic rings. The van der Waals surface area contributed by atoms with Gasteiger partial charge in [0.2, 0.25) is 0 Å². The molecule has 11 heteroatoms. The van der Waals surface area contributed by atoms with Crippen LogP contribution >= 0.6 is 23.9 Å². The molecule has 0 saturated carbocycles. The number of nitrogens with two attached hydrogens (primary N) is 1. The van der Waals surface area contributed by atoms with Crippen molar-refractivity contribution in [2.75, 3.05) is 49.9 Å². The maximum atomic E-state index is 12.3. The molecule has 0 atom stereocenters. The number of non-ortho nitro benzene ring substituents is 1. The number of rotatable bonds is 8. The lowest BCUT2D eigenvalue weighted by Gasteiger charge is -2.35. The smallest absolute Gasteiger partial charge is 0.270 e. The SMILES string of the molecule is Cl.Nc1ccc([N+](=O)[O-])cc1C(=O)NCCCCN1CCN(c2nsc3ccccc23)CC1. The average Bonchev–Trinajstić information content (AvgIpc) is 3.23. The van der Waals surface area contributed by atoms with E-state index in [9.17, 15) is 14.9 Å². The Morgan fingerprint density at radius 3 is 2.67 bits per heavy atom. The van der Waals surface area contributed by atoms with Crippen molar-refractivity contribution in [3.63, 3.8) is 0 Å². The van der Waals surface area contributed by atoms with Crippen LogP contribution in [0.15, 0.2) is 42.5 Å². The highest BCUT2D eigenvalue weighted by Gasteiger charge is 2.20. The Labute approximate surface area is 202 Å². The van der Waals surface area contributed by atoms with Crippen molar-refractivity contribution in [1.82, 2.24) is 14.6 Å². The fourth-order valence-corrected chi connectivity index (χ4v) is 4.69. The number of unbranched alkanes of at least 4 members (excludes halogenated alkanes) is 1. The zero-order valence-corrected chi connectivity index (χ0v) is 19.7. The molecule has 1 fully saturated rings. The Kier molecular flexibility index (Phi) is 8.43. The Hall–Kier alpha value is -2.95. The van der Waals surface area contributed by atoms with Crippen LogP contribution in [-0.4, -0.2) is 59.4 Å². The van der Waals surface area contributed by atoms with E-state index in [1.165, 1.54) is 28.3 Å². The molecule has 4 rings (SSSR count). The van der Waals surface area contributed by atoms with Crippen molar-refractivity contribution < 1.29 is 9.72 Å². The first-order valence-electron chi connectivity index (χ1n) is 10.7. The summed E-state index contributed by atoms with van der Waals surface area (Å²) in [6, 6.07) is 12.3. The molecule has 0 spiro atoms. The second-order valence-corrected chi connectivity index (χ2v) is 8.63. The number of nitrogens with one attached hydrogen (secondary N) is 1. The van der Waals surface area contributed by atoms with E-state index in [1.54, 1.807) is 11.5 Å². The molecule has 0 bridgehead atoms. The molecule has 1 aliphatic rings. The van der Waals surface area contributed by atoms with E-state index in [2.05, 4.69) is 37.7 Å². The van der Waals surface area contributed by atoms with Gasteiger partial charge in [-0.2, -0.15) is 4.37 Å². The van der Waals surface area contributed by atoms with Crippen LogP contribution in [0.25, 0.3) is 10.1 Å². The molecule has 176 valence electrons. The molecule has 1 saturated heterocycles. The Morgan fingerprint density at radius 2 is 1.91 bits per heavy atom. The van der Waals surface area contributed by atoms with Gasteiger partial charge >= 0.3 is 0 Å². The zero-order valence-electron chi connectivity index (χ0n) is 18.1. The number of hydrogen-bond donors (Lipinski definition) is 2. The summed E-state index contributed by atoms with van der Waals surface area (Å²) in [5, 5.41) is 14.9. The van der Waals surface area contributed by atoms with Crippen LogP contribution in [0.2, 0.25) is 0 Å². The third-order valence-electron chi connectivity index (χ3n) is 5.71. The van der Waals surface area contributed by atoms with Crippen LogP contribution < -0.4 is 16.0 Å². The third-order valence-corrected chi connectivity index (χ3v) is 6.53. The molecule has 9 nitrogen and oxygen atoms in total. The summed E-state index contributed by atoms with van der Waals surface area (Å²) in [5.74, 6) is 0.712. The van der Waals surface area contributed by atoms with Gasteiger partial charge in [0.25, 0.3) is 11.6 Å². The summed E-state index contributed by atoms with van der Waals surface area (Å²) < 4.78 is 5.88. The first-order valence-corrected chi connectivity index (χ1v) is 11.4. The van der Waals surface area contributed by atoms with Gasteiger partial charge in [0.05, 0.1) is 15.2 Å². The van der Waals surface area contributed by atoms with Gasteiger partial charge < -0.3 is 16.0 Å². The highest BCUT2D eigenvalue weighted by Crippen LogP contribution is 2.29. The summed E-state index contributed by atoms with van der Waals surface area (Å²) in [5.41, 5.74) is 6.03. The fraction of sp³-hybridized carbons (Fsp3) is 0.364. The minimum Gasteiger partial charge on any atom is -0.398 e. The molecule has 3 N–H and O–H groups in total. The van der Waals surface area contributed by atoms with Crippen LogP contribution in [0.1, 0.15) is 23.2 Å². The Balaban J connectivity index is 0.00000306. The molecule has 0 radical (unpaired) electrons. The number of fused-ring (bicyclic) bond motifs is 1. The normalized spacial score (nSPS) is 14.1. The van der Waals surface area contributed by atoms with E-state index in [1.807, 2.05) is 6.07 Å². The highest BCUT2D eigenvalue weighted by molar-refractivity contribution is 7.13. The standard InChI is InChI=1S/C22H26N6O3S.ClH/c23-19-8-7-16(28(30)31)15-18(19)22(29)24-9-3-4-10-26-11-13-27(14-12-26)21-17-5-1-2-6-20(17)32-25-21;/h1-2,5-8,15H,3-4,9-14,23H2,(H,24,29);1H. The van der Waals surface area contributed by atoms with Crippen LogP contribution in [0.4, 0.5) is 17.2 Å². The number of nitro benzene ring substituents is 1. The van der Waals surface area contributed by atoms with Crippen molar-refractivity contribution in [2.24, 2.45) is 0 Å². The van der Waals surface area contributed by atoms with Crippen LogP contribution in [0.5, 0.6) is 0 Å². The summed E-state index contributed by atoms with van der Waals surface area (Å²) in [6.45, 7) is 5.37. The summed E-state index contributed by atoms with van der Waals surface area (Å²) in [7, 11) is 0. The van der Waals surface area contributed by atoms with Crippen molar-refractivity contribution in [3.05, 3.63) is 58.1 Å². The maximum absolute atomic E-state index is 12.3. The predicted octanol–water partition coefficient (Wildman–Crippen LogP) is 3.54. The topological polar surface area (TPSA) is 118 Å². The first kappa shape index (κ1) is 24.7. The van der Waals surface area contributed by atoms with E-state index >= 15 is 0 Å². The minimum absolute atomic E-state index is 0. The van der Waals surface area contributed by atoms with E-state index in [0.29, 0.717) is 6.54 Å². The number of halogens is 1. The van der Waals surface area contributed by atoms with Gasteiger partial charge in [0.15, 0.2) is 0 Å². The van der Waals surface area contributed by atoms with Gasteiger partial charge in [0, 0.05) is 55.9 Å². The van der Waals surface area contributed by atoms with Crippen molar-refractivity contribution >= 4 is 57.1 Å². The molecule has 1 aromatic heterocycles. The molecule has 1 aliphatic heterocycles. The molecule has 0 unspecified atom stereocenters. The minimum atomic E-state index is -0.535. The molecule has 1 amide bonds. The molecule has 2 aromatic carbocycles. The van der Waals surface area contributed by atoms with Crippen LogP contribution in [0.3, 0.4) is 0 Å². The quantitative estimate of drug-likeness (QED) is 0.214. The van der Waals surface area contributed by atoms with Crippen molar-refractivity contribution in [1.29, 1.82) is 0 Å². The lowest BCUT2D eigenvalue weighted by Crippen LogP contribution is -2.46. The Morgan fingerprint density at radius 1 is 1.15 bits per heavy atom. The van der Waals surface area contributed by atoms with Gasteiger partial charge in [-0.25, -0.2) is 0 Å². The second kappa shape index (κ2) is 11.3. The maximum Gasteiger partial charge on any atom is 0.270 e. The lowest BCUT2D eigenvalue weighted by molar-refractivity contribution is -0.384. The number of benzene rings is 2. The molecular formula is C22H27ClN6O3S. The largest absolute Gasteiger partial charge is 0.398 e. The third kappa shape index (κ3) is 5.89. The number of carbonyl (C=O) groups is 1. The molecule has 0 aliphatic carbocycles. The molecule has 2 heterocycles. The number of anilines is 2. The van der Waals surface area contributed by atoms with Gasteiger partial charge in [-0.15, -0.1) is 12.4 Å². The number of nitrogen functional groups attached to an aromatic ring is 1. The van der Waals surface area contributed by atoms with Gasteiger partial charge in [-0.05, 0) is 49.1 Å².